The van der Waals surface area contributed by atoms with Gasteiger partial charge in [-0.1, -0.05) is 12.1 Å². The van der Waals surface area contributed by atoms with Gasteiger partial charge in [0, 0.05) is 32.2 Å². The Labute approximate surface area is 121 Å². The summed E-state index contributed by atoms with van der Waals surface area (Å²) in [6, 6.07) is 4.37. The number of nitrogens with two attached hydrogens (primary N) is 1. The van der Waals surface area contributed by atoms with Gasteiger partial charge in [-0.25, -0.2) is 4.39 Å². The smallest absolute Gasteiger partial charge is 0.366 e. The second-order valence-corrected chi connectivity index (χ2v) is 5.34. The maximum absolute atomic E-state index is 14.1. The number of hydrogen-bond acceptors (Lipinski definition) is 3. The molecule has 0 spiro atoms. The summed E-state index contributed by atoms with van der Waals surface area (Å²) in [6.07, 6.45) is -4.20. The number of nitrogens with zero attached hydrogens (tertiary/aromatic N) is 2. The molecule has 1 aliphatic heterocycles. The molecule has 3 nitrogen and oxygen atoms in total. The number of halogens is 4. The van der Waals surface area contributed by atoms with Gasteiger partial charge in [0.15, 0.2) is 0 Å². The van der Waals surface area contributed by atoms with Crippen molar-refractivity contribution in [1.82, 2.24) is 4.90 Å². The van der Waals surface area contributed by atoms with Crippen molar-refractivity contribution in [2.75, 3.05) is 37.6 Å². The Bertz CT molecular complexity index is 480. The normalized spacial score (nSPS) is 18.9. The molecule has 0 radical (unpaired) electrons. The molecule has 7 heteroatoms. The SMILES string of the molecule is CC(N)c1cccc(F)c1N1CCN(CC(F)(F)F)CC1. The molecule has 1 aromatic rings. The topological polar surface area (TPSA) is 32.5 Å². The van der Waals surface area contributed by atoms with E-state index in [4.69, 9.17) is 5.73 Å². The average Bonchev–Trinajstić information content (AvgIpc) is 2.37. The van der Waals surface area contributed by atoms with Gasteiger partial charge in [0.1, 0.15) is 5.82 Å². The largest absolute Gasteiger partial charge is 0.401 e. The number of rotatable bonds is 3. The summed E-state index contributed by atoms with van der Waals surface area (Å²) in [7, 11) is 0. The Balaban J connectivity index is 2.09. The molecule has 1 aliphatic rings. The van der Waals surface area contributed by atoms with Crippen molar-refractivity contribution in [2.24, 2.45) is 5.73 Å². The van der Waals surface area contributed by atoms with Gasteiger partial charge < -0.3 is 10.6 Å². The second-order valence-electron chi connectivity index (χ2n) is 5.34. The van der Waals surface area contributed by atoms with E-state index in [1.165, 1.54) is 11.0 Å². The molecular formula is C14H19F4N3. The van der Waals surface area contributed by atoms with Crippen LogP contribution in [0.25, 0.3) is 0 Å². The van der Waals surface area contributed by atoms with Crippen LogP contribution < -0.4 is 10.6 Å². The first kappa shape index (κ1) is 16.0. The molecule has 2 N–H and O–H groups in total. The predicted molar refractivity (Wildman–Crippen MR) is 73.7 cm³/mol. The lowest BCUT2D eigenvalue weighted by atomic mass is 10.0. The third-order valence-corrected chi connectivity index (χ3v) is 3.60. The lowest BCUT2D eigenvalue weighted by molar-refractivity contribution is -0.146. The molecule has 0 bridgehead atoms. The summed E-state index contributed by atoms with van der Waals surface area (Å²) in [6.45, 7) is 2.07. The van der Waals surface area contributed by atoms with Crippen LogP contribution in [0.4, 0.5) is 23.2 Å². The quantitative estimate of drug-likeness (QED) is 0.871. The van der Waals surface area contributed by atoms with Gasteiger partial charge in [-0.05, 0) is 18.6 Å². The standard InChI is InChI=1S/C14H19F4N3/c1-10(19)11-3-2-4-12(15)13(11)21-7-5-20(6-8-21)9-14(16,17)18/h2-4,10H,5-9,19H2,1H3. The molecule has 1 fully saturated rings. The summed E-state index contributed by atoms with van der Waals surface area (Å²) in [5, 5.41) is 0. The third kappa shape index (κ3) is 4.07. The fraction of sp³-hybridized carbons (Fsp3) is 0.571. The van der Waals surface area contributed by atoms with E-state index in [0.29, 0.717) is 24.3 Å². The van der Waals surface area contributed by atoms with Gasteiger partial charge in [-0.2, -0.15) is 13.2 Å². The maximum Gasteiger partial charge on any atom is 0.401 e. The van der Waals surface area contributed by atoms with Crippen LogP contribution in [0.1, 0.15) is 18.5 Å². The van der Waals surface area contributed by atoms with E-state index in [1.807, 2.05) is 0 Å². The van der Waals surface area contributed by atoms with E-state index in [0.717, 1.165) is 0 Å². The lowest BCUT2D eigenvalue weighted by Gasteiger charge is -2.37. The fourth-order valence-electron chi connectivity index (χ4n) is 2.62. The zero-order valence-corrected chi connectivity index (χ0v) is 11.8. The van der Waals surface area contributed by atoms with Crippen molar-refractivity contribution in [3.63, 3.8) is 0 Å². The molecule has 1 saturated heterocycles. The Morgan fingerprint density at radius 3 is 2.33 bits per heavy atom. The fourth-order valence-corrected chi connectivity index (χ4v) is 2.62. The Morgan fingerprint density at radius 1 is 1.19 bits per heavy atom. The minimum atomic E-state index is -4.20. The number of anilines is 1. The van der Waals surface area contributed by atoms with E-state index in [9.17, 15) is 17.6 Å². The first-order valence-corrected chi connectivity index (χ1v) is 6.86. The first-order chi connectivity index (χ1) is 9.78. The minimum absolute atomic E-state index is 0.256. The van der Waals surface area contributed by atoms with Gasteiger partial charge >= 0.3 is 6.18 Å². The second kappa shape index (κ2) is 6.19. The highest BCUT2D eigenvalue weighted by Crippen LogP contribution is 2.29. The van der Waals surface area contributed by atoms with E-state index < -0.39 is 12.7 Å². The molecule has 0 saturated carbocycles. The van der Waals surface area contributed by atoms with Crippen LogP contribution in [0.2, 0.25) is 0 Å². The first-order valence-electron chi connectivity index (χ1n) is 6.86. The zero-order chi connectivity index (χ0) is 15.6. The number of benzene rings is 1. The van der Waals surface area contributed by atoms with Gasteiger partial charge in [0.05, 0.1) is 12.2 Å². The third-order valence-electron chi connectivity index (χ3n) is 3.60. The highest BCUT2D eigenvalue weighted by atomic mass is 19.4. The average molecular weight is 305 g/mol. The molecule has 1 heterocycles. The van der Waals surface area contributed by atoms with Crippen LogP contribution >= 0.6 is 0 Å². The molecule has 21 heavy (non-hydrogen) atoms. The maximum atomic E-state index is 14.1. The molecule has 118 valence electrons. The Morgan fingerprint density at radius 2 is 1.81 bits per heavy atom. The zero-order valence-electron chi connectivity index (χ0n) is 11.8. The van der Waals surface area contributed by atoms with Crippen molar-refractivity contribution in [3.05, 3.63) is 29.6 Å². The molecule has 2 rings (SSSR count). The van der Waals surface area contributed by atoms with Gasteiger partial charge in [0.2, 0.25) is 0 Å². The van der Waals surface area contributed by atoms with E-state index >= 15 is 0 Å². The Hall–Kier alpha value is -1.34. The molecule has 1 aromatic carbocycles. The van der Waals surface area contributed by atoms with E-state index in [2.05, 4.69) is 0 Å². The van der Waals surface area contributed by atoms with Crippen LogP contribution in [0, 0.1) is 5.82 Å². The van der Waals surface area contributed by atoms with E-state index in [-0.39, 0.29) is 24.9 Å². The molecule has 1 unspecified atom stereocenters. The van der Waals surface area contributed by atoms with Crippen molar-refractivity contribution < 1.29 is 17.6 Å². The minimum Gasteiger partial charge on any atom is -0.366 e. The molecule has 0 aliphatic carbocycles. The summed E-state index contributed by atoms with van der Waals surface area (Å²) in [5.41, 5.74) is 6.94. The van der Waals surface area contributed by atoms with Crippen LogP contribution in [-0.2, 0) is 0 Å². The highest BCUT2D eigenvalue weighted by Gasteiger charge is 2.32. The predicted octanol–water partition coefficient (Wildman–Crippen LogP) is 2.53. The van der Waals surface area contributed by atoms with Crippen LogP contribution in [0.5, 0.6) is 0 Å². The van der Waals surface area contributed by atoms with Gasteiger partial charge in [0.25, 0.3) is 0 Å². The van der Waals surface area contributed by atoms with Crippen LogP contribution in [0.15, 0.2) is 18.2 Å². The molecule has 0 amide bonds. The van der Waals surface area contributed by atoms with Crippen LogP contribution in [-0.4, -0.2) is 43.8 Å². The number of hydrogen-bond donors (Lipinski definition) is 1. The van der Waals surface area contributed by atoms with Gasteiger partial charge in [-0.15, -0.1) is 0 Å². The van der Waals surface area contributed by atoms with Crippen molar-refractivity contribution in [3.8, 4) is 0 Å². The van der Waals surface area contributed by atoms with Gasteiger partial charge in [-0.3, -0.25) is 4.90 Å². The van der Waals surface area contributed by atoms with Crippen LogP contribution in [0.3, 0.4) is 0 Å². The lowest BCUT2D eigenvalue weighted by Crippen LogP contribution is -2.49. The highest BCUT2D eigenvalue weighted by molar-refractivity contribution is 5.56. The summed E-state index contributed by atoms with van der Waals surface area (Å²) < 4.78 is 51.2. The monoisotopic (exact) mass is 305 g/mol. The Kier molecular flexibility index (Phi) is 4.73. The summed E-state index contributed by atoms with van der Waals surface area (Å²) in [5.74, 6) is -0.380. The molecule has 1 atom stereocenters. The van der Waals surface area contributed by atoms with Crippen molar-refractivity contribution in [1.29, 1.82) is 0 Å². The van der Waals surface area contributed by atoms with Crippen molar-refractivity contribution >= 4 is 5.69 Å². The van der Waals surface area contributed by atoms with Crippen molar-refractivity contribution in [2.45, 2.75) is 19.1 Å². The number of alkyl halides is 3. The number of para-hydroxylation sites is 1. The van der Waals surface area contributed by atoms with E-state index in [1.54, 1.807) is 24.0 Å². The number of piperazine rings is 1. The summed E-state index contributed by atoms with van der Waals surface area (Å²) in [4.78, 5) is 3.11. The molecular weight excluding hydrogens is 286 g/mol. The summed E-state index contributed by atoms with van der Waals surface area (Å²) >= 11 is 0. The molecule has 0 aromatic heterocycles.